The van der Waals surface area contributed by atoms with Gasteiger partial charge in [-0.15, -0.1) is 0 Å². The van der Waals surface area contributed by atoms with E-state index in [1.165, 1.54) is 6.07 Å². The summed E-state index contributed by atoms with van der Waals surface area (Å²) in [5.74, 6) is -0.132. The second-order valence-corrected chi connectivity index (χ2v) is 7.42. The molecule has 0 aliphatic rings. The average molecular weight is 454 g/mol. The third-order valence-electron chi connectivity index (χ3n) is 4.31. The molecule has 8 heteroatoms. The van der Waals surface area contributed by atoms with Gasteiger partial charge in [-0.2, -0.15) is 10.2 Å². The van der Waals surface area contributed by atoms with Crippen molar-refractivity contribution in [3.05, 3.63) is 100 Å². The van der Waals surface area contributed by atoms with Crippen LogP contribution in [0.1, 0.15) is 21.5 Å². The molecule has 2 aromatic heterocycles. The molecular weight excluding hydrogens is 437 g/mol. The molecule has 2 aromatic carbocycles. The summed E-state index contributed by atoms with van der Waals surface area (Å²) >= 11 is 3.37. The molecule has 0 aliphatic heterocycles. The molecule has 0 bridgehead atoms. The molecule has 0 unspecified atom stereocenters. The van der Waals surface area contributed by atoms with E-state index in [1.54, 1.807) is 52.1 Å². The average Bonchev–Trinajstić information content (AvgIpc) is 3.32. The van der Waals surface area contributed by atoms with Gasteiger partial charge in [0.05, 0.1) is 23.8 Å². The maximum atomic E-state index is 13.8. The Hall–Kier alpha value is -3.26. The van der Waals surface area contributed by atoms with Gasteiger partial charge >= 0.3 is 0 Å². The second kappa shape index (κ2) is 8.40. The molecule has 29 heavy (non-hydrogen) atoms. The minimum Gasteiger partial charge on any atom is -0.305 e. The van der Waals surface area contributed by atoms with Gasteiger partial charge in [0.15, 0.2) is 5.82 Å². The molecule has 4 aromatic rings. The highest BCUT2D eigenvalue weighted by Crippen LogP contribution is 2.13. The van der Waals surface area contributed by atoms with Crippen LogP contribution in [0.3, 0.4) is 0 Å². The van der Waals surface area contributed by atoms with Crippen molar-refractivity contribution in [1.29, 1.82) is 0 Å². The van der Waals surface area contributed by atoms with E-state index in [4.69, 9.17) is 0 Å². The molecule has 2 heterocycles. The van der Waals surface area contributed by atoms with E-state index in [0.717, 1.165) is 10.0 Å². The highest BCUT2D eigenvalue weighted by molar-refractivity contribution is 9.10. The lowest BCUT2D eigenvalue weighted by Gasteiger charge is -2.06. The standard InChI is InChI=1S/C21H17BrFN5O/c22-18-11-24-28(14-18)12-15-4-3-6-16(10-15)21(29)25-20-8-9-27(26-20)13-17-5-1-2-7-19(17)23/h1-11,14H,12-13H2,(H,25,26,29). The van der Waals surface area contributed by atoms with Crippen LogP contribution in [0.4, 0.5) is 10.2 Å². The minimum atomic E-state index is -0.283. The van der Waals surface area contributed by atoms with Gasteiger partial charge in [-0.25, -0.2) is 4.39 Å². The number of carbonyl (C=O) groups excluding carboxylic acids is 1. The zero-order valence-corrected chi connectivity index (χ0v) is 16.9. The van der Waals surface area contributed by atoms with Crippen LogP contribution in [0.15, 0.2) is 77.7 Å². The van der Waals surface area contributed by atoms with Gasteiger partial charge in [0.2, 0.25) is 0 Å². The summed E-state index contributed by atoms with van der Waals surface area (Å²) in [7, 11) is 0. The number of halogens is 2. The predicted molar refractivity (Wildman–Crippen MR) is 111 cm³/mol. The van der Waals surface area contributed by atoms with Gasteiger partial charge in [0, 0.05) is 29.6 Å². The van der Waals surface area contributed by atoms with Gasteiger partial charge in [-0.05, 0) is 39.7 Å². The first-order chi connectivity index (χ1) is 14.1. The van der Waals surface area contributed by atoms with Gasteiger partial charge in [-0.3, -0.25) is 14.2 Å². The fraction of sp³-hybridized carbons (Fsp3) is 0.0952. The fourth-order valence-corrected chi connectivity index (χ4v) is 3.26. The molecule has 0 atom stereocenters. The quantitative estimate of drug-likeness (QED) is 0.472. The zero-order chi connectivity index (χ0) is 20.2. The number of hydrogen-bond acceptors (Lipinski definition) is 3. The van der Waals surface area contributed by atoms with E-state index in [-0.39, 0.29) is 18.3 Å². The molecule has 0 radical (unpaired) electrons. The molecule has 4 rings (SSSR count). The fourth-order valence-electron chi connectivity index (χ4n) is 2.93. The third-order valence-corrected chi connectivity index (χ3v) is 4.72. The van der Waals surface area contributed by atoms with Crippen molar-refractivity contribution in [2.75, 3.05) is 5.32 Å². The second-order valence-electron chi connectivity index (χ2n) is 6.50. The van der Waals surface area contributed by atoms with Gasteiger partial charge in [0.1, 0.15) is 5.82 Å². The van der Waals surface area contributed by atoms with Gasteiger partial charge < -0.3 is 5.32 Å². The van der Waals surface area contributed by atoms with E-state index >= 15 is 0 Å². The Morgan fingerprint density at radius 2 is 1.93 bits per heavy atom. The number of rotatable bonds is 6. The summed E-state index contributed by atoms with van der Waals surface area (Å²) in [6.07, 6.45) is 5.29. The van der Waals surface area contributed by atoms with E-state index in [2.05, 4.69) is 31.4 Å². The summed E-state index contributed by atoms with van der Waals surface area (Å²) in [6.45, 7) is 0.849. The first-order valence-corrected chi connectivity index (χ1v) is 9.71. The number of amides is 1. The van der Waals surface area contributed by atoms with Crippen molar-refractivity contribution >= 4 is 27.7 Å². The number of anilines is 1. The minimum absolute atomic E-state index is 0.260. The van der Waals surface area contributed by atoms with Gasteiger partial charge in [0.25, 0.3) is 5.91 Å². The van der Waals surface area contributed by atoms with E-state index in [9.17, 15) is 9.18 Å². The van der Waals surface area contributed by atoms with Crippen LogP contribution in [-0.2, 0) is 13.1 Å². The highest BCUT2D eigenvalue weighted by atomic mass is 79.9. The molecule has 146 valence electrons. The van der Waals surface area contributed by atoms with Crippen LogP contribution < -0.4 is 5.32 Å². The van der Waals surface area contributed by atoms with Crippen molar-refractivity contribution in [3.8, 4) is 0 Å². The van der Waals surface area contributed by atoms with Crippen LogP contribution in [0, 0.1) is 5.82 Å². The van der Waals surface area contributed by atoms with E-state index in [1.807, 2.05) is 24.4 Å². The van der Waals surface area contributed by atoms with Gasteiger partial charge in [-0.1, -0.05) is 30.3 Å². The van der Waals surface area contributed by atoms with Crippen molar-refractivity contribution in [2.45, 2.75) is 13.1 Å². The number of carbonyl (C=O) groups is 1. The molecule has 0 saturated carbocycles. The Morgan fingerprint density at radius 3 is 2.72 bits per heavy atom. The van der Waals surface area contributed by atoms with Crippen LogP contribution in [0.5, 0.6) is 0 Å². The van der Waals surface area contributed by atoms with Crippen molar-refractivity contribution in [3.63, 3.8) is 0 Å². The maximum Gasteiger partial charge on any atom is 0.256 e. The molecule has 0 saturated heterocycles. The van der Waals surface area contributed by atoms with E-state index in [0.29, 0.717) is 23.5 Å². The monoisotopic (exact) mass is 453 g/mol. The topological polar surface area (TPSA) is 64.7 Å². The largest absolute Gasteiger partial charge is 0.305 e. The molecule has 1 amide bonds. The summed E-state index contributed by atoms with van der Waals surface area (Å²) in [5, 5.41) is 11.3. The number of nitrogens with one attached hydrogen (secondary N) is 1. The predicted octanol–water partition coefficient (Wildman–Crippen LogP) is 4.33. The number of nitrogens with zero attached hydrogens (tertiary/aromatic N) is 4. The molecule has 1 N–H and O–H groups in total. The van der Waals surface area contributed by atoms with Crippen LogP contribution >= 0.6 is 15.9 Å². The highest BCUT2D eigenvalue weighted by Gasteiger charge is 2.10. The van der Waals surface area contributed by atoms with Crippen LogP contribution in [0.25, 0.3) is 0 Å². The van der Waals surface area contributed by atoms with E-state index < -0.39 is 0 Å². The van der Waals surface area contributed by atoms with Crippen molar-refractivity contribution < 1.29 is 9.18 Å². The summed E-state index contributed by atoms with van der Waals surface area (Å²) in [4.78, 5) is 12.6. The lowest BCUT2D eigenvalue weighted by Crippen LogP contribution is -2.13. The first-order valence-electron chi connectivity index (χ1n) is 8.92. The lowest BCUT2D eigenvalue weighted by atomic mass is 10.1. The van der Waals surface area contributed by atoms with Crippen molar-refractivity contribution in [2.24, 2.45) is 0 Å². The Bertz CT molecular complexity index is 1150. The summed E-state index contributed by atoms with van der Waals surface area (Å²) < 4.78 is 18.1. The number of hydrogen-bond donors (Lipinski definition) is 1. The smallest absolute Gasteiger partial charge is 0.256 e. The summed E-state index contributed by atoms with van der Waals surface area (Å²) in [6, 6.07) is 15.6. The molecule has 0 aliphatic carbocycles. The SMILES string of the molecule is O=C(Nc1ccn(Cc2ccccc2F)n1)c1cccc(Cn2cc(Br)cn2)c1. The molecule has 0 fully saturated rings. The molecule has 0 spiro atoms. The molecular formula is C21H17BrFN5O. The molecule has 6 nitrogen and oxygen atoms in total. The van der Waals surface area contributed by atoms with Crippen molar-refractivity contribution in [1.82, 2.24) is 19.6 Å². The number of benzene rings is 2. The Morgan fingerprint density at radius 1 is 1.07 bits per heavy atom. The van der Waals surface area contributed by atoms with Crippen LogP contribution in [-0.4, -0.2) is 25.5 Å². The maximum absolute atomic E-state index is 13.8. The Kier molecular flexibility index (Phi) is 5.53. The van der Waals surface area contributed by atoms with Crippen LogP contribution in [0.2, 0.25) is 0 Å². The Labute approximate surface area is 175 Å². The zero-order valence-electron chi connectivity index (χ0n) is 15.3. The third kappa shape index (κ3) is 4.78. The Balaban J connectivity index is 1.42. The normalized spacial score (nSPS) is 10.8. The first kappa shape index (κ1) is 19.1. The summed E-state index contributed by atoms with van der Waals surface area (Å²) in [5.41, 5.74) is 2.02. The number of aromatic nitrogens is 4. The lowest BCUT2D eigenvalue weighted by molar-refractivity contribution is 0.102.